The Hall–Kier alpha value is -4.26. The van der Waals surface area contributed by atoms with Gasteiger partial charge in [-0.15, -0.1) is 0 Å². The van der Waals surface area contributed by atoms with Crippen molar-refractivity contribution in [1.82, 2.24) is 14.8 Å². The highest BCUT2D eigenvalue weighted by Gasteiger charge is 2.56. The Morgan fingerprint density at radius 1 is 0.947 bits per heavy atom. The molecule has 0 saturated carbocycles. The van der Waals surface area contributed by atoms with Crippen LogP contribution < -0.4 is 9.47 Å². The van der Waals surface area contributed by atoms with Crippen molar-refractivity contribution in [2.45, 2.75) is 24.8 Å². The zero-order chi connectivity index (χ0) is 26.4. The van der Waals surface area contributed by atoms with Crippen LogP contribution in [0.1, 0.15) is 35.2 Å². The quantitative estimate of drug-likeness (QED) is 0.417. The number of nitrogens with zero attached hydrogens (tertiary/aromatic N) is 2. The lowest BCUT2D eigenvalue weighted by atomic mass is 9.76. The average Bonchev–Trinajstić information content (AvgIpc) is 3.35. The molecule has 0 aliphatic carbocycles. The molecule has 2 aliphatic rings. The normalized spacial score (nSPS) is 20.9. The van der Waals surface area contributed by atoms with E-state index >= 15 is 0 Å². The molecule has 2 atom stereocenters. The van der Waals surface area contributed by atoms with Gasteiger partial charge in [0.2, 0.25) is 5.91 Å². The van der Waals surface area contributed by atoms with Gasteiger partial charge >= 0.3 is 0 Å². The lowest BCUT2D eigenvalue weighted by molar-refractivity contribution is -0.166. The molecule has 0 radical (unpaired) electrons. The number of amides is 2. The molecule has 194 valence electrons. The minimum absolute atomic E-state index is 0.0584. The largest absolute Gasteiger partial charge is 0.493 e. The van der Waals surface area contributed by atoms with Gasteiger partial charge in [-0.2, -0.15) is 0 Å². The maximum Gasteiger partial charge on any atom is 0.254 e. The standard InChI is InChI=1S/C31H31N3O4/c1-31-29-27(22-12-7-8-14-24(22)32-29)23(21-13-9-15-25(37-2)28(21)38-3)18-34(31)26(35)19-33(30(31)36)17-16-20-10-5-4-6-11-20/h4-15,23,32H,16-19H2,1-3H3/t23-,31+/m1/s1. The van der Waals surface area contributed by atoms with E-state index in [1.54, 1.807) is 24.0 Å². The number of aromatic nitrogens is 1. The van der Waals surface area contributed by atoms with Crippen molar-refractivity contribution >= 4 is 22.7 Å². The Morgan fingerprint density at radius 2 is 1.71 bits per heavy atom. The number of nitrogens with one attached hydrogen (secondary N) is 1. The van der Waals surface area contributed by atoms with Crippen LogP contribution in [0.3, 0.4) is 0 Å². The molecule has 3 heterocycles. The monoisotopic (exact) mass is 509 g/mol. The van der Waals surface area contributed by atoms with E-state index in [4.69, 9.17) is 9.47 Å². The van der Waals surface area contributed by atoms with Crippen LogP contribution in [0.25, 0.3) is 10.9 Å². The number of carbonyl (C=O) groups is 2. The molecular formula is C31H31N3O4. The molecule has 1 saturated heterocycles. The summed E-state index contributed by atoms with van der Waals surface area (Å²) in [6.45, 7) is 2.81. The molecule has 0 unspecified atom stereocenters. The van der Waals surface area contributed by atoms with Gasteiger partial charge in [-0.25, -0.2) is 0 Å². The number of rotatable bonds is 6. The lowest BCUT2D eigenvalue weighted by Crippen LogP contribution is -2.67. The number of hydrogen-bond acceptors (Lipinski definition) is 4. The average molecular weight is 510 g/mol. The molecule has 1 aromatic heterocycles. The highest BCUT2D eigenvalue weighted by Crippen LogP contribution is 2.50. The number of piperazine rings is 1. The van der Waals surface area contributed by atoms with Crippen molar-refractivity contribution in [3.05, 3.63) is 95.2 Å². The third kappa shape index (κ3) is 3.56. The van der Waals surface area contributed by atoms with Crippen molar-refractivity contribution in [3.8, 4) is 11.5 Å². The number of H-pyrrole nitrogens is 1. The number of benzene rings is 3. The maximum absolute atomic E-state index is 14.2. The molecule has 0 bridgehead atoms. The fourth-order valence-corrected chi connectivity index (χ4v) is 6.23. The van der Waals surface area contributed by atoms with Gasteiger partial charge < -0.3 is 24.3 Å². The van der Waals surface area contributed by atoms with Crippen LogP contribution in [0.2, 0.25) is 0 Å². The van der Waals surface area contributed by atoms with E-state index in [-0.39, 0.29) is 24.3 Å². The molecule has 1 N–H and O–H groups in total. The predicted octanol–water partition coefficient (Wildman–Crippen LogP) is 4.46. The highest BCUT2D eigenvalue weighted by atomic mass is 16.5. The van der Waals surface area contributed by atoms with E-state index in [0.717, 1.165) is 33.3 Å². The smallest absolute Gasteiger partial charge is 0.254 e. The molecular weight excluding hydrogens is 478 g/mol. The molecule has 2 aliphatic heterocycles. The SMILES string of the molecule is COc1cccc([C@H]2CN3C(=O)CN(CCc4ccccc4)C(=O)[C@]3(C)c3[nH]c4ccccc4c32)c1OC. The summed E-state index contributed by atoms with van der Waals surface area (Å²) >= 11 is 0. The summed E-state index contributed by atoms with van der Waals surface area (Å²) in [6.07, 6.45) is 0.694. The summed E-state index contributed by atoms with van der Waals surface area (Å²) in [5.74, 6) is 0.952. The van der Waals surface area contributed by atoms with E-state index in [9.17, 15) is 9.59 Å². The van der Waals surface area contributed by atoms with Crippen LogP contribution in [0.5, 0.6) is 11.5 Å². The number of fused-ring (bicyclic) bond motifs is 5. The van der Waals surface area contributed by atoms with E-state index in [1.165, 1.54) is 0 Å². The Bertz CT molecular complexity index is 1530. The van der Waals surface area contributed by atoms with Gasteiger partial charge in [-0.3, -0.25) is 9.59 Å². The lowest BCUT2D eigenvalue weighted by Gasteiger charge is -2.51. The zero-order valence-corrected chi connectivity index (χ0v) is 21.9. The first kappa shape index (κ1) is 24.1. The number of ether oxygens (including phenoxy) is 2. The molecule has 4 aromatic rings. The summed E-state index contributed by atoms with van der Waals surface area (Å²) in [6, 6.07) is 24.0. The van der Waals surface area contributed by atoms with Gasteiger partial charge in [-0.05, 0) is 36.6 Å². The first-order chi connectivity index (χ1) is 18.5. The predicted molar refractivity (Wildman–Crippen MR) is 145 cm³/mol. The fourth-order valence-electron chi connectivity index (χ4n) is 6.23. The second-order valence-corrected chi connectivity index (χ2v) is 10.1. The Morgan fingerprint density at radius 3 is 2.47 bits per heavy atom. The number of aromatic amines is 1. The van der Waals surface area contributed by atoms with E-state index in [2.05, 4.69) is 11.1 Å². The molecule has 0 spiro atoms. The summed E-state index contributed by atoms with van der Waals surface area (Å²) in [5, 5.41) is 1.04. The van der Waals surface area contributed by atoms with E-state index < -0.39 is 5.54 Å². The van der Waals surface area contributed by atoms with Crippen LogP contribution in [-0.2, 0) is 21.5 Å². The topological polar surface area (TPSA) is 74.9 Å². The Balaban J connectivity index is 1.48. The third-order valence-electron chi connectivity index (χ3n) is 8.14. The van der Waals surface area contributed by atoms with Crippen molar-refractivity contribution < 1.29 is 19.1 Å². The van der Waals surface area contributed by atoms with E-state index in [1.807, 2.05) is 73.7 Å². The molecule has 3 aromatic carbocycles. The molecule has 7 heteroatoms. The second kappa shape index (κ2) is 9.24. The maximum atomic E-state index is 14.2. The van der Waals surface area contributed by atoms with Crippen LogP contribution >= 0.6 is 0 Å². The minimum Gasteiger partial charge on any atom is -0.493 e. The summed E-state index contributed by atoms with van der Waals surface area (Å²) in [4.78, 5) is 35.0. The number of methoxy groups -OCH3 is 2. The first-order valence-electron chi connectivity index (χ1n) is 12.9. The Kier molecular flexibility index (Phi) is 5.86. The number of hydrogen-bond donors (Lipinski definition) is 1. The van der Waals surface area contributed by atoms with Crippen LogP contribution in [0, 0.1) is 0 Å². The van der Waals surface area contributed by atoms with Gasteiger partial charge in [0.15, 0.2) is 17.0 Å². The summed E-state index contributed by atoms with van der Waals surface area (Å²) in [7, 11) is 3.25. The molecule has 38 heavy (non-hydrogen) atoms. The third-order valence-corrected chi connectivity index (χ3v) is 8.14. The number of carbonyl (C=O) groups excluding carboxylic acids is 2. The van der Waals surface area contributed by atoms with Crippen molar-refractivity contribution in [2.24, 2.45) is 0 Å². The molecule has 6 rings (SSSR count). The van der Waals surface area contributed by atoms with Crippen LogP contribution in [0.4, 0.5) is 0 Å². The van der Waals surface area contributed by atoms with Gasteiger partial charge in [0.05, 0.1) is 26.5 Å². The molecule has 2 amide bonds. The fraction of sp³-hybridized carbons (Fsp3) is 0.290. The van der Waals surface area contributed by atoms with Crippen LogP contribution in [-0.4, -0.2) is 60.5 Å². The van der Waals surface area contributed by atoms with Gasteiger partial charge in [-0.1, -0.05) is 60.7 Å². The van der Waals surface area contributed by atoms with Gasteiger partial charge in [0, 0.05) is 35.5 Å². The number of para-hydroxylation sites is 2. The summed E-state index contributed by atoms with van der Waals surface area (Å²) in [5.41, 5.74) is 3.66. The highest BCUT2D eigenvalue weighted by molar-refractivity contribution is 6.01. The first-order valence-corrected chi connectivity index (χ1v) is 12.9. The second-order valence-electron chi connectivity index (χ2n) is 10.1. The van der Waals surface area contributed by atoms with Crippen molar-refractivity contribution in [3.63, 3.8) is 0 Å². The zero-order valence-electron chi connectivity index (χ0n) is 21.9. The van der Waals surface area contributed by atoms with Gasteiger partial charge in [0.25, 0.3) is 5.91 Å². The Labute approximate surface area is 222 Å². The van der Waals surface area contributed by atoms with Crippen molar-refractivity contribution in [2.75, 3.05) is 33.9 Å². The van der Waals surface area contributed by atoms with E-state index in [0.29, 0.717) is 31.0 Å². The molecule has 7 nitrogen and oxygen atoms in total. The molecule has 1 fully saturated rings. The van der Waals surface area contributed by atoms with Crippen LogP contribution in [0.15, 0.2) is 72.8 Å². The minimum atomic E-state index is -1.14. The van der Waals surface area contributed by atoms with Gasteiger partial charge in [0.1, 0.15) is 0 Å². The van der Waals surface area contributed by atoms with Crippen molar-refractivity contribution in [1.29, 1.82) is 0 Å². The summed E-state index contributed by atoms with van der Waals surface area (Å²) < 4.78 is 11.4.